The van der Waals surface area contributed by atoms with Crippen LogP contribution in [-0.4, -0.2) is 78.4 Å². The number of rotatable bonds is 10. The number of ether oxygens (including phenoxy) is 2. The van der Waals surface area contributed by atoms with Crippen molar-refractivity contribution in [1.82, 2.24) is 20.5 Å². The number of hydrogen-bond acceptors (Lipinski definition) is 6. The van der Waals surface area contributed by atoms with E-state index in [9.17, 15) is 19.2 Å². The second kappa shape index (κ2) is 13.7. The highest BCUT2D eigenvalue weighted by Gasteiger charge is 2.42. The van der Waals surface area contributed by atoms with Crippen LogP contribution < -0.4 is 15.4 Å². The molecular formula is C32H44N4O6. The molecule has 3 aliphatic rings. The van der Waals surface area contributed by atoms with E-state index < -0.39 is 11.7 Å². The number of nitrogens with zero attached hydrogens (tertiary/aromatic N) is 1. The molecule has 1 aromatic carbocycles. The van der Waals surface area contributed by atoms with Gasteiger partial charge in [0.25, 0.3) is 11.7 Å². The Hall–Kier alpha value is -3.40. The van der Waals surface area contributed by atoms with E-state index in [1.54, 1.807) is 25.3 Å². The number of benzene rings is 1. The van der Waals surface area contributed by atoms with Crippen LogP contribution in [0, 0.1) is 5.92 Å². The first kappa shape index (κ1) is 30.1. The van der Waals surface area contributed by atoms with Gasteiger partial charge >= 0.3 is 0 Å². The van der Waals surface area contributed by atoms with Gasteiger partial charge in [0.05, 0.1) is 12.7 Å². The average Bonchev–Trinajstić information content (AvgIpc) is 3.44. The molecule has 3 fully saturated rings. The lowest BCUT2D eigenvalue weighted by molar-refractivity contribution is -0.137. The van der Waals surface area contributed by atoms with Gasteiger partial charge in [-0.3, -0.25) is 19.2 Å². The van der Waals surface area contributed by atoms with Crippen LogP contribution in [0.3, 0.4) is 0 Å². The molecule has 10 nitrogen and oxygen atoms in total. The highest BCUT2D eigenvalue weighted by molar-refractivity contribution is 6.45. The van der Waals surface area contributed by atoms with Gasteiger partial charge < -0.3 is 30.0 Å². The van der Waals surface area contributed by atoms with Crippen LogP contribution in [0.5, 0.6) is 5.75 Å². The Kier molecular flexibility index (Phi) is 9.82. The zero-order valence-electron chi connectivity index (χ0n) is 24.7. The van der Waals surface area contributed by atoms with E-state index in [-0.39, 0.29) is 42.0 Å². The van der Waals surface area contributed by atoms with Crippen molar-refractivity contribution in [1.29, 1.82) is 0 Å². The van der Waals surface area contributed by atoms with Crippen LogP contribution in [0.15, 0.2) is 24.4 Å². The molecule has 2 saturated carbocycles. The number of ketones is 1. The van der Waals surface area contributed by atoms with Crippen molar-refractivity contribution in [3.8, 4) is 5.75 Å². The monoisotopic (exact) mass is 580 g/mol. The zero-order valence-corrected chi connectivity index (χ0v) is 24.7. The maximum Gasteiger partial charge on any atom is 0.295 e. The molecule has 0 bridgehead atoms. The van der Waals surface area contributed by atoms with Crippen molar-refractivity contribution in [2.45, 2.75) is 88.6 Å². The molecule has 0 spiro atoms. The molecular weight excluding hydrogens is 536 g/mol. The third-order valence-electron chi connectivity index (χ3n) is 9.39. The van der Waals surface area contributed by atoms with Crippen LogP contribution in [-0.2, 0) is 19.1 Å². The summed E-state index contributed by atoms with van der Waals surface area (Å²) in [5, 5.41) is 6.88. The van der Waals surface area contributed by atoms with Gasteiger partial charge in [0.1, 0.15) is 18.8 Å². The molecule has 10 heteroatoms. The predicted octanol–water partition coefficient (Wildman–Crippen LogP) is 3.88. The molecule has 0 radical (unpaired) electrons. The summed E-state index contributed by atoms with van der Waals surface area (Å²) in [7, 11) is 1.56. The minimum Gasteiger partial charge on any atom is -0.497 e. The molecule has 228 valence electrons. The van der Waals surface area contributed by atoms with Gasteiger partial charge in [-0.1, -0.05) is 38.5 Å². The number of carbonyl (C=O) groups is 4. The van der Waals surface area contributed by atoms with Gasteiger partial charge in [-0.2, -0.15) is 0 Å². The van der Waals surface area contributed by atoms with E-state index in [1.165, 1.54) is 25.5 Å². The number of Topliss-reactive ketones (excluding diaryl/α,β-unsaturated/α-hetero) is 1. The molecule has 0 atom stereocenters. The maximum absolute atomic E-state index is 13.7. The predicted molar refractivity (Wildman–Crippen MR) is 158 cm³/mol. The van der Waals surface area contributed by atoms with Crippen LogP contribution >= 0.6 is 0 Å². The van der Waals surface area contributed by atoms with Crippen molar-refractivity contribution in [3.63, 3.8) is 0 Å². The Labute approximate surface area is 247 Å². The summed E-state index contributed by atoms with van der Waals surface area (Å²) >= 11 is 0. The summed E-state index contributed by atoms with van der Waals surface area (Å²) in [5.74, 6) is -1.31. The van der Waals surface area contributed by atoms with E-state index in [4.69, 9.17) is 9.47 Å². The lowest BCUT2D eigenvalue weighted by atomic mass is 9.67. The molecule has 1 aliphatic heterocycles. The molecule has 2 heterocycles. The first-order valence-electron chi connectivity index (χ1n) is 15.6. The lowest BCUT2D eigenvalue weighted by Crippen LogP contribution is -2.58. The third-order valence-corrected chi connectivity index (χ3v) is 9.39. The summed E-state index contributed by atoms with van der Waals surface area (Å²) in [6.45, 7) is 0.393. The second-order valence-corrected chi connectivity index (χ2v) is 12.2. The van der Waals surface area contributed by atoms with Gasteiger partial charge in [0.2, 0.25) is 11.8 Å². The average molecular weight is 581 g/mol. The number of fused-ring (bicyclic) bond motifs is 1. The van der Waals surface area contributed by atoms with Crippen molar-refractivity contribution >= 4 is 34.4 Å². The molecule has 1 aromatic heterocycles. The standard InChI is InChI=1S/C32H44N4O6/c1-41-24-10-11-25-26(19-33-27(25)18-24)30(39)31(40)36(20-28(37)34-23-12-16-42-17-13-23)21-29(38)35-32(14-6-3-7-15-32)22-8-4-2-5-9-22/h10-11,18-19,22-23,33H,2-9,12-17,20-21H2,1H3,(H,34,37)(H,35,38). The highest BCUT2D eigenvalue weighted by atomic mass is 16.5. The fraction of sp³-hybridized carbons (Fsp3) is 0.625. The van der Waals surface area contributed by atoms with E-state index in [0.717, 1.165) is 49.8 Å². The molecule has 5 rings (SSSR count). The largest absolute Gasteiger partial charge is 0.497 e. The van der Waals surface area contributed by atoms with Crippen molar-refractivity contribution in [2.24, 2.45) is 5.92 Å². The summed E-state index contributed by atoms with van der Waals surface area (Å²) in [6, 6.07) is 5.13. The van der Waals surface area contributed by atoms with E-state index in [1.807, 2.05) is 0 Å². The molecule has 2 aromatic rings. The second-order valence-electron chi connectivity index (χ2n) is 12.2. The Bertz CT molecular complexity index is 1270. The van der Waals surface area contributed by atoms with E-state index in [0.29, 0.717) is 48.6 Å². The number of H-pyrrole nitrogens is 1. The van der Waals surface area contributed by atoms with Crippen LogP contribution in [0.1, 0.15) is 87.4 Å². The lowest BCUT2D eigenvalue weighted by Gasteiger charge is -2.46. The minimum absolute atomic E-state index is 0.0619. The number of amides is 3. The first-order valence-corrected chi connectivity index (χ1v) is 15.6. The topological polar surface area (TPSA) is 130 Å². The van der Waals surface area contributed by atoms with Crippen molar-refractivity contribution in [2.75, 3.05) is 33.4 Å². The minimum atomic E-state index is -0.876. The van der Waals surface area contributed by atoms with Gasteiger partial charge in [0, 0.05) is 48.0 Å². The summed E-state index contributed by atoms with van der Waals surface area (Å²) in [6.07, 6.45) is 13.8. The SMILES string of the molecule is COc1ccc2c(C(=O)C(=O)N(CC(=O)NC3CCOCC3)CC(=O)NC3(C4CCCCC4)CCCCC3)c[nH]c2c1. The smallest absolute Gasteiger partial charge is 0.295 e. The molecule has 1 saturated heterocycles. The third kappa shape index (κ3) is 6.97. The quantitative estimate of drug-likeness (QED) is 0.289. The number of nitrogens with one attached hydrogen (secondary N) is 3. The number of aromatic amines is 1. The Morgan fingerprint density at radius 3 is 2.36 bits per heavy atom. The Balaban J connectivity index is 1.34. The Morgan fingerprint density at radius 2 is 1.64 bits per heavy atom. The van der Waals surface area contributed by atoms with Crippen LogP contribution in [0.25, 0.3) is 10.9 Å². The number of methoxy groups -OCH3 is 1. The highest BCUT2D eigenvalue weighted by Crippen LogP contribution is 2.41. The van der Waals surface area contributed by atoms with Crippen LogP contribution in [0.4, 0.5) is 0 Å². The summed E-state index contributed by atoms with van der Waals surface area (Å²) in [4.78, 5) is 58.1. The number of carbonyl (C=O) groups excluding carboxylic acids is 4. The first-order chi connectivity index (χ1) is 20.4. The van der Waals surface area contributed by atoms with Gasteiger partial charge in [0.15, 0.2) is 0 Å². The zero-order chi connectivity index (χ0) is 29.5. The fourth-order valence-electron chi connectivity index (χ4n) is 7.13. The summed E-state index contributed by atoms with van der Waals surface area (Å²) in [5.41, 5.74) is 0.562. The molecule has 3 N–H and O–H groups in total. The van der Waals surface area contributed by atoms with Crippen molar-refractivity contribution in [3.05, 3.63) is 30.0 Å². The number of aromatic nitrogens is 1. The number of hydrogen-bond donors (Lipinski definition) is 3. The molecule has 42 heavy (non-hydrogen) atoms. The van der Waals surface area contributed by atoms with E-state index in [2.05, 4.69) is 15.6 Å². The van der Waals surface area contributed by atoms with Gasteiger partial charge in [-0.15, -0.1) is 0 Å². The van der Waals surface area contributed by atoms with Gasteiger partial charge in [-0.05, 0) is 56.6 Å². The normalized spacial score (nSPS) is 19.6. The van der Waals surface area contributed by atoms with Crippen LogP contribution in [0.2, 0.25) is 0 Å². The van der Waals surface area contributed by atoms with E-state index >= 15 is 0 Å². The molecule has 0 unspecified atom stereocenters. The van der Waals surface area contributed by atoms with Gasteiger partial charge in [-0.25, -0.2) is 0 Å². The molecule has 3 amide bonds. The Morgan fingerprint density at radius 1 is 0.952 bits per heavy atom. The molecule has 2 aliphatic carbocycles. The summed E-state index contributed by atoms with van der Waals surface area (Å²) < 4.78 is 10.6. The fourth-order valence-corrected chi connectivity index (χ4v) is 7.13. The van der Waals surface area contributed by atoms with Crippen molar-refractivity contribution < 1.29 is 28.7 Å². The maximum atomic E-state index is 13.7.